The lowest BCUT2D eigenvalue weighted by molar-refractivity contribution is -0.154. The van der Waals surface area contributed by atoms with Gasteiger partial charge in [0.15, 0.2) is 5.78 Å². The normalized spacial score (nSPS) is 35.2. The van der Waals surface area contributed by atoms with Crippen LogP contribution in [-0.4, -0.2) is 18.5 Å². The van der Waals surface area contributed by atoms with E-state index in [1.54, 1.807) is 7.11 Å². The second-order valence-corrected chi connectivity index (χ2v) is 4.50. The monoisotopic (exact) mass is 170 g/mol. The van der Waals surface area contributed by atoms with Crippen molar-refractivity contribution >= 4 is 5.78 Å². The van der Waals surface area contributed by atoms with Crippen molar-refractivity contribution in [1.82, 2.24) is 0 Å². The maximum Gasteiger partial charge on any atom is 0.169 e. The Kier molecular flexibility index (Phi) is 2.30. The molecule has 0 N–H and O–H groups in total. The molecule has 2 heteroatoms. The van der Waals surface area contributed by atoms with Crippen LogP contribution in [0.15, 0.2) is 0 Å². The summed E-state index contributed by atoms with van der Waals surface area (Å²) in [6.07, 6.45) is 2.94. The van der Waals surface area contributed by atoms with E-state index in [-0.39, 0.29) is 11.2 Å². The van der Waals surface area contributed by atoms with Gasteiger partial charge in [0.25, 0.3) is 0 Å². The lowest BCUT2D eigenvalue weighted by Crippen LogP contribution is -2.48. The minimum atomic E-state index is -0.526. The van der Waals surface area contributed by atoms with Crippen LogP contribution in [0.2, 0.25) is 0 Å². The van der Waals surface area contributed by atoms with Crippen LogP contribution in [0.4, 0.5) is 0 Å². The molecule has 0 spiro atoms. The number of hydrogen-bond donors (Lipinski definition) is 0. The van der Waals surface area contributed by atoms with E-state index in [0.29, 0.717) is 0 Å². The van der Waals surface area contributed by atoms with E-state index < -0.39 is 5.60 Å². The fourth-order valence-electron chi connectivity index (χ4n) is 2.01. The molecule has 1 fully saturated rings. The molecule has 0 aromatic rings. The summed E-state index contributed by atoms with van der Waals surface area (Å²) in [5.74, 6) is 0.253. The third-order valence-electron chi connectivity index (χ3n) is 3.00. The maximum absolute atomic E-state index is 11.9. The first-order valence-corrected chi connectivity index (χ1v) is 4.52. The van der Waals surface area contributed by atoms with Gasteiger partial charge in [0.05, 0.1) is 0 Å². The van der Waals surface area contributed by atoms with Crippen LogP contribution in [0.1, 0.15) is 40.0 Å². The van der Waals surface area contributed by atoms with Crippen LogP contribution in [-0.2, 0) is 9.53 Å². The second kappa shape index (κ2) is 2.84. The highest BCUT2D eigenvalue weighted by molar-refractivity contribution is 5.92. The van der Waals surface area contributed by atoms with Crippen LogP contribution < -0.4 is 0 Å². The third kappa shape index (κ3) is 1.40. The van der Waals surface area contributed by atoms with Gasteiger partial charge in [-0.05, 0) is 26.2 Å². The number of rotatable bonds is 1. The van der Waals surface area contributed by atoms with Crippen LogP contribution in [0.5, 0.6) is 0 Å². The number of hydrogen-bond acceptors (Lipinski definition) is 2. The van der Waals surface area contributed by atoms with E-state index in [9.17, 15) is 4.79 Å². The SMILES string of the molecule is COC1(C)CCCC(C)(C)C1=O. The topological polar surface area (TPSA) is 26.3 Å². The molecular weight excluding hydrogens is 152 g/mol. The summed E-state index contributed by atoms with van der Waals surface area (Å²) in [5, 5.41) is 0. The van der Waals surface area contributed by atoms with Gasteiger partial charge in [0.2, 0.25) is 0 Å². The van der Waals surface area contributed by atoms with E-state index in [0.717, 1.165) is 19.3 Å². The summed E-state index contributed by atoms with van der Waals surface area (Å²) in [4.78, 5) is 11.9. The molecule has 0 bridgehead atoms. The molecule has 1 aliphatic carbocycles. The Balaban J connectivity index is 2.87. The summed E-state index contributed by atoms with van der Waals surface area (Å²) in [6.45, 7) is 5.91. The van der Waals surface area contributed by atoms with Crippen molar-refractivity contribution in [3.63, 3.8) is 0 Å². The molecule has 0 saturated heterocycles. The van der Waals surface area contributed by atoms with Crippen molar-refractivity contribution in [2.75, 3.05) is 7.11 Å². The Morgan fingerprint density at radius 2 is 1.83 bits per heavy atom. The van der Waals surface area contributed by atoms with Gasteiger partial charge in [-0.15, -0.1) is 0 Å². The second-order valence-electron chi connectivity index (χ2n) is 4.50. The Labute approximate surface area is 74.3 Å². The quantitative estimate of drug-likeness (QED) is 0.603. The van der Waals surface area contributed by atoms with Crippen molar-refractivity contribution in [1.29, 1.82) is 0 Å². The fraction of sp³-hybridized carbons (Fsp3) is 0.900. The Morgan fingerprint density at radius 3 is 2.25 bits per heavy atom. The lowest BCUT2D eigenvalue weighted by atomic mass is 9.69. The summed E-state index contributed by atoms with van der Waals surface area (Å²) < 4.78 is 5.28. The van der Waals surface area contributed by atoms with Crippen LogP contribution >= 0.6 is 0 Å². The molecule has 0 amide bonds. The maximum atomic E-state index is 11.9. The summed E-state index contributed by atoms with van der Waals surface area (Å²) >= 11 is 0. The van der Waals surface area contributed by atoms with Crippen molar-refractivity contribution in [3.05, 3.63) is 0 Å². The molecule has 2 nitrogen and oxygen atoms in total. The Hall–Kier alpha value is -0.370. The number of ether oxygens (including phenoxy) is 1. The average molecular weight is 170 g/mol. The van der Waals surface area contributed by atoms with Gasteiger partial charge < -0.3 is 4.74 Å². The zero-order valence-corrected chi connectivity index (χ0v) is 8.44. The summed E-state index contributed by atoms with van der Waals surface area (Å²) in [7, 11) is 1.62. The molecule has 70 valence electrons. The molecule has 1 unspecified atom stereocenters. The molecule has 1 saturated carbocycles. The fourth-order valence-corrected chi connectivity index (χ4v) is 2.01. The van der Waals surface area contributed by atoms with E-state index in [4.69, 9.17) is 4.74 Å². The van der Waals surface area contributed by atoms with Crippen molar-refractivity contribution < 1.29 is 9.53 Å². The zero-order chi connectivity index (χ0) is 9.41. The molecule has 1 atom stereocenters. The predicted molar refractivity (Wildman–Crippen MR) is 48.1 cm³/mol. The van der Waals surface area contributed by atoms with E-state index in [2.05, 4.69) is 0 Å². The van der Waals surface area contributed by atoms with Crippen molar-refractivity contribution in [2.24, 2.45) is 5.41 Å². The van der Waals surface area contributed by atoms with E-state index in [1.807, 2.05) is 20.8 Å². The molecule has 12 heavy (non-hydrogen) atoms. The van der Waals surface area contributed by atoms with Gasteiger partial charge in [0, 0.05) is 12.5 Å². The molecule has 0 aromatic heterocycles. The Morgan fingerprint density at radius 1 is 1.25 bits per heavy atom. The lowest BCUT2D eigenvalue weighted by Gasteiger charge is -2.39. The molecule has 0 heterocycles. The first kappa shape index (κ1) is 9.72. The van der Waals surface area contributed by atoms with Crippen LogP contribution in [0, 0.1) is 5.41 Å². The smallest absolute Gasteiger partial charge is 0.169 e. The highest BCUT2D eigenvalue weighted by Gasteiger charge is 2.45. The molecule has 0 radical (unpaired) electrons. The highest BCUT2D eigenvalue weighted by Crippen LogP contribution is 2.38. The predicted octanol–water partition coefficient (Wildman–Crippen LogP) is 2.17. The number of carbonyl (C=O) groups excluding carboxylic acids is 1. The number of methoxy groups -OCH3 is 1. The number of ketones is 1. The van der Waals surface area contributed by atoms with Gasteiger partial charge in [0.1, 0.15) is 5.60 Å². The number of Topliss-reactive ketones (excluding diaryl/α,β-unsaturated/α-hetero) is 1. The van der Waals surface area contributed by atoms with E-state index >= 15 is 0 Å². The van der Waals surface area contributed by atoms with Gasteiger partial charge >= 0.3 is 0 Å². The first-order chi connectivity index (χ1) is 5.42. The van der Waals surface area contributed by atoms with Crippen molar-refractivity contribution in [3.8, 4) is 0 Å². The minimum absolute atomic E-state index is 0.191. The summed E-state index contributed by atoms with van der Waals surface area (Å²) in [6, 6.07) is 0. The molecule has 0 aromatic carbocycles. The molecule has 1 rings (SSSR count). The largest absolute Gasteiger partial charge is 0.371 e. The molecular formula is C10H18O2. The van der Waals surface area contributed by atoms with Gasteiger partial charge in [-0.1, -0.05) is 13.8 Å². The van der Waals surface area contributed by atoms with Gasteiger partial charge in [-0.25, -0.2) is 0 Å². The third-order valence-corrected chi connectivity index (χ3v) is 3.00. The molecule has 1 aliphatic rings. The first-order valence-electron chi connectivity index (χ1n) is 4.52. The van der Waals surface area contributed by atoms with Gasteiger partial charge in [-0.2, -0.15) is 0 Å². The summed E-state index contributed by atoms with van der Waals surface area (Å²) in [5.41, 5.74) is -0.718. The van der Waals surface area contributed by atoms with Crippen molar-refractivity contribution in [2.45, 2.75) is 45.6 Å². The van der Waals surface area contributed by atoms with Crippen LogP contribution in [0.3, 0.4) is 0 Å². The van der Waals surface area contributed by atoms with E-state index in [1.165, 1.54) is 0 Å². The van der Waals surface area contributed by atoms with Gasteiger partial charge in [-0.3, -0.25) is 4.79 Å². The number of carbonyl (C=O) groups is 1. The standard InChI is InChI=1S/C10H18O2/c1-9(2)6-5-7-10(3,12-4)8(9)11/h5-7H2,1-4H3. The minimum Gasteiger partial charge on any atom is -0.371 e. The van der Waals surface area contributed by atoms with Crippen LogP contribution in [0.25, 0.3) is 0 Å². The highest BCUT2D eigenvalue weighted by atomic mass is 16.5. The Bertz CT molecular complexity index is 196. The average Bonchev–Trinajstić information content (AvgIpc) is 2.00. The zero-order valence-electron chi connectivity index (χ0n) is 8.44. The molecule has 0 aliphatic heterocycles.